The Hall–Kier alpha value is -4.01. The lowest BCUT2D eigenvalue weighted by atomic mass is 10.0. The normalized spacial score (nSPS) is 10.5. The number of imidazole rings is 1. The van der Waals surface area contributed by atoms with Gasteiger partial charge in [0.15, 0.2) is 0 Å². The number of carboxylic acids is 1. The minimum absolute atomic E-state index is 0.169. The van der Waals surface area contributed by atoms with Crippen LogP contribution in [0.3, 0.4) is 0 Å². The van der Waals surface area contributed by atoms with Crippen LogP contribution in [0.25, 0.3) is 0 Å². The molecule has 9 heteroatoms. The average Bonchev–Trinajstić information content (AvgIpc) is 3.31. The van der Waals surface area contributed by atoms with Gasteiger partial charge in [0.05, 0.1) is 13.4 Å². The molecular formula is C22H22N4O5. The largest absolute Gasteiger partial charge is 0.497 e. The highest BCUT2D eigenvalue weighted by molar-refractivity contribution is 6.09. The highest BCUT2D eigenvalue weighted by atomic mass is 16.5. The van der Waals surface area contributed by atoms with Crippen molar-refractivity contribution in [2.24, 2.45) is 0 Å². The number of aliphatic carboxylic acids is 1. The third-order valence-corrected chi connectivity index (χ3v) is 4.57. The van der Waals surface area contributed by atoms with Gasteiger partial charge in [0, 0.05) is 42.8 Å². The Labute approximate surface area is 178 Å². The predicted molar refractivity (Wildman–Crippen MR) is 111 cm³/mol. The van der Waals surface area contributed by atoms with Crippen molar-refractivity contribution >= 4 is 17.7 Å². The first kappa shape index (κ1) is 21.7. The monoisotopic (exact) mass is 422 g/mol. The Morgan fingerprint density at radius 1 is 1.13 bits per heavy atom. The molecule has 0 radical (unpaired) electrons. The highest BCUT2D eigenvalue weighted by Crippen LogP contribution is 2.21. The second-order valence-corrected chi connectivity index (χ2v) is 6.77. The van der Waals surface area contributed by atoms with E-state index in [4.69, 9.17) is 4.74 Å². The Morgan fingerprint density at radius 3 is 2.58 bits per heavy atom. The van der Waals surface area contributed by atoms with Gasteiger partial charge in [-0.3, -0.25) is 19.4 Å². The maximum Gasteiger partial charge on any atom is 0.323 e. The molecule has 0 aliphatic rings. The average molecular weight is 422 g/mol. The van der Waals surface area contributed by atoms with Crippen molar-refractivity contribution in [2.45, 2.75) is 13.0 Å². The molecule has 0 atom stereocenters. The molecule has 0 unspecified atom stereocenters. The van der Waals surface area contributed by atoms with E-state index in [9.17, 15) is 19.5 Å². The third-order valence-electron chi connectivity index (χ3n) is 4.57. The molecule has 0 aliphatic carbocycles. The van der Waals surface area contributed by atoms with Crippen LogP contribution in [-0.4, -0.2) is 62.4 Å². The number of aryl methyl sites for hydroxylation is 1. The Bertz CT molecular complexity index is 1050. The third kappa shape index (κ3) is 5.75. The molecule has 160 valence electrons. The zero-order valence-corrected chi connectivity index (χ0v) is 17.0. The van der Waals surface area contributed by atoms with Crippen LogP contribution in [0.4, 0.5) is 0 Å². The number of methoxy groups -OCH3 is 1. The maximum absolute atomic E-state index is 13.1. The molecule has 2 heterocycles. The Morgan fingerprint density at radius 2 is 1.94 bits per heavy atom. The molecular weight excluding hydrogens is 400 g/mol. The van der Waals surface area contributed by atoms with Gasteiger partial charge in [-0.15, -0.1) is 0 Å². The maximum atomic E-state index is 13.1. The number of amides is 1. The highest BCUT2D eigenvalue weighted by Gasteiger charge is 2.21. The number of nitrogens with zero attached hydrogens (tertiary/aromatic N) is 4. The van der Waals surface area contributed by atoms with Crippen molar-refractivity contribution in [3.8, 4) is 5.75 Å². The van der Waals surface area contributed by atoms with E-state index in [0.717, 1.165) is 0 Å². The second-order valence-electron chi connectivity index (χ2n) is 6.77. The molecule has 3 aromatic rings. The van der Waals surface area contributed by atoms with E-state index in [2.05, 4.69) is 9.97 Å². The zero-order chi connectivity index (χ0) is 22.2. The lowest BCUT2D eigenvalue weighted by molar-refractivity contribution is -0.137. The summed E-state index contributed by atoms with van der Waals surface area (Å²) in [5.41, 5.74) is 0.634. The van der Waals surface area contributed by atoms with Gasteiger partial charge in [0.25, 0.3) is 5.91 Å². The number of hydrogen-bond acceptors (Lipinski definition) is 6. The second kappa shape index (κ2) is 10.1. The Balaban J connectivity index is 1.83. The Kier molecular flexibility index (Phi) is 7.10. The molecule has 0 fully saturated rings. The number of hydrogen-bond donors (Lipinski definition) is 1. The SMILES string of the molecule is COc1cc(C(=O)c2ccccn2)cc(C(=O)N(CCCn2ccnc2)CC(=O)O)c1. The van der Waals surface area contributed by atoms with Gasteiger partial charge >= 0.3 is 5.97 Å². The molecule has 0 saturated carbocycles. The van der Waals surface area contributed by atoms with Crippen LogP contribution < -0.4 is 4.74 Å². The topological polar surface area (TPSA) is 115 Å². The van der Waals surface area contributed by atoms with Crippen molar-refractivity contribution in [2.75, 3.05) is 20.2 Å². The number of rotatable bonds is 10. The lowest BCUT2D eigenvalue weighted by Crippen LogP contribution is -2.37. The van der Waals surface area contributed by atoms with Crippen LogP contribution in [0.5, 0.6) is 5.75 Å². The van der Waals surface area contributed by atoms with E-state index in [0.29, 0.717) is 18.7 Å². The summed E-state index contributed by atoms with van der Waals surface area (Å²) in [7, 11) is 1.43. The number of carbonyl (C=O) groups is 3. The molecule has 2 aromatic heterocycles. The fourth-order valence-corrected chi connectivity index (χ4v) is 3.08. The molecule has 0 saturated heterocycles. The van der Waals surface area contributed by atoms with Gasteiger partial charge in [-0.1, -0.05) is 6.07 Å². The number of aromatic nitrogens is 3. The number of carbonyl (C=O) groups excluding carboxylic acids is 2. The van der Waals surface area contributed by atoms with E-state index in [1.807, 2.05) is 4.57 Å². The molecule has 9 nitrogen and oxygen atoms in total. The molecule has 3 rings (SSSR count). The number of carboxylic acid groups (broad SMARTS) is 1. The van der Waals surface area contributed by atoms with Crippen LogP contribution in [0.15, 0.2) is 61.3 Å². The van der Waals surface area contributed by atoms with Crippen LogP contribution in [-0.2, 0) is 11.3 Å². The van der Waals surface area contributed by atoms with E-state index in [1.54, 1.807) is 36.9 Å². The fraction of sp³-hybridized carbons (Fsp3) is 0.227. The summed E-state index contributed by atoms with van der Waals surface area (Å²) >= 11 is 0. The lowest BCUT2D eigenvalue weighted by Gasteiger charge is -2.21. The minimum atomic E-state index is -1.12. The number of ether oxygens (including phenoxy) is 1. The number of pyridine rings is 1. The molecule has 1 amide bonds. The van der Waals surface area contributed by atoms with E-state index >= 15 is 0 Å². The van der Waals surface area contributed by atoms with Gasteiger partial charge in [-0.2, -0.15) is 0 Å². The van der Waals surface area contributed by atoms with Crippen molar-refractivity contribution in [3.05, 3.63) is 78.1 Å². The van der Waals surface area contributed by atoms with E-state index in [1.165, 1.54) is 36.4 Å². The quantitative estimate of drug-likeness (QED) is 0.498. The summed E-state index contributed by atoms with van der Waals surface area (Å²) in [5.74, 6) is -1.66. The van der Waals surface area contributed by atoms with Crippen LogP contribution in [0.2, 0.25) is 0 Å². The van der Waals surface area contributed by atoms with Crippen molar-refractivity contribution in [1.82, 2.24) is 19.4 Å². The molecule has 0 bridgehead atoms. The molecule has 0 spiro atoms. The van der Waals surface area contributed by atoms with Gasteiger partial charge in [-0.25, -0.2) is 4.98 Å². The van der Waals surface area contributed by atoms with Gasteiger partial charge in [0.2, 0.25) is 5.78 Å². The van der Waals surface area contributed by atoms with E-state index < -0.39 is 18.4 Å². The van der Waals surface area contributed by atoms with Gasteiger partial charge < -0.3 is 19.3 Å². The van der Waals surface area contributed by atoms with Crippen molar-refractivity contribution in [3.63, 3.8) is 0 Å². The number of ketones is 1. The molecule has 1 N–H and O–H groups in total. The molecule has 31 heavy (non-hydrogen) atoms. The smallest absolute Gasteiger partial charge is 0.323 e. The minimum Gasteiger partial charge on any atom is -0.497 e. The summed E-state index contributed by atoms with van der Waals surface area (Å²) in [5, 5.41) is 9.26. The summed E-state index contributed by atoms with van der Waals surface area (Å²) < 4.78 is 7.10. The van der Waals surface area contributed by atoms with Crippen LogP contribution in [0, 0.1) is 0 Å². The van der Waals surface area contributed by atoms with Crippen molar-refractivity contribution in [1.29, 1.82) is 0 Å². The summed E-state index contributed by atoms with van der Waals surface area (Å²) in [4.78, 5) is 46.5. The van der Waals surface area contributed by atoms with Gasteiger partial charge in [0.1, 0.15) is 18.0 Å². The van der Waals surface area contributed by atoms with Gasteiger partial charge in [-0.05, 0) is 36.8 Å². The van der Waals surface area contributed by atoms with Crippen LogP contribution in [0.1, 0.15) is 32.8 Å². The van der Waals surface area contributed by atoms with E-state index in [-0.39, 0.29) is 29.1 Å². The molecule has 0 aliphatic heterocycles. The standard InChI is InChI=1S/C22H22N4O5/c1-31-18-12-16(21(29)19-5-2-3-6-24-19)11-17(13-18)22(30)26(14-20(27)28)9-4-8-25-10-7-23-15-25/h2-3,5-7,10-13,15H,4,8-9,14H2,1H3,(H,27,28). The first-order valence-corrected chi connectivity index (χ1v) is 9.59. The summed E-state index contributed by atoms with van der Waals surface area (Å²) in [6.45, 7) is 0.360. The zero-order valence-electron chi connectivity index (χ0n) is 17.0. The first-order chi connectivity index (χ1) is 15.0. The van der Waals surface area contributed by atoms with Crippen molar-refractivity contribution < 1.29 is 24.2 Å². The first-order valence-electron chi connectivity index (χ1n) is 9.59. The predicted octanol–water partition coefficient (Wildman–Crippen LogP) is 2.13. The summed E-state index contributed by atoms with van der Waals surface area (Å²) in [6, 6.07) is 9.42. The van der Waals surface area contributed by atoms with Crippen LogP contribution >= 0.6 is 0 Å². The fourth-order valence-electron chi connectivity index (χ4n) is 3.08. The summed E-state index contributed by atoms with van der Waals surface area (Å²) in [6.07, 6.45) is 7.14. The molecule has 1 aromatic carbocycles. The number of benzene rings is 1.